The molecule has 0 saturated carbocycles. The van der Waals surface area contributed by atoms with Gasteiger partial charge in [-0.2, -0.15) is 0 Å². The number of aromatic hydroxyl groups is 1. The zero-order valence-electron chi connectivity index (χ0n) is 9.21. The molecular weight excluding hydrogens is 236 g/mol. The lowest BCUT2D eigenvalue weighted by Gasteiger charge is -2.02. The summed E-state index contributed by atoms with van der Waals surface area (Å²) in [7, 11) is 0. The Morgan fingerprint density at radius 3 is 2.22 bits per heavy atom. The van der Waals surface area contributed by atoms with Gasteiger partial charge in [-0.15, -0.1) is 0 Å². The monoisotopic (exact) mass is 246 g/mol. The standard InChI is InChI=1S/C12H10N2O4/c13-11(16)9-5-6-10(18-9)12(17)14-7-1-3-8(15)4-2-7/h1-6,15H,(H2,13,16)(H,14,17). The van der Waals surface area contributed by atoms with Crippen LogP contribution in [-0.2, 0) is 0 Å². The maximum absolute atomic E-state index is 11.7. The van der Waals surface area contributed by atoms with E-state index in [0.717, 1.165) is 0 Å². The summed E-state index contributed by atoms with van der Waals surface area (Å²) in [5.41, 5.74) is 5.50. The number of primary amides is 1. The van der Waals surface area contributed by atoms with Gasteiger partial charge in [0, 0.05) is 5.69 Å². The van der Waals surface area contributed by atoms with Crippen molar-refractivity contribution in [2.24, 2.45) is 5.73 Å². The van der Waals surface area contributed by atoms with E-state index in [9.17, 15) is 9.59 Å². The summed E-state index contributed by atoms with van der Waals surface area (Å²) in [6.07, 6.45) is 0. The third-order valence-electron chi connectivity index (χ3n) is 2.20. The van der Waals surface area contributed by atoms with Gasteiger partial charge in [0.15, 0.2) is 11.5 Å². The third-order valence-corrected chi connectivity index (χ3v) is 2.20. The van der Waals surface area contributed by atoms with Crippen LogP contribution in [0.15, 0.2) is 40.8 Å². The summed E-state index contributed by atoms with van der Waals surface area (Å²) in [5.74, 6) is -1.24. The van der Waals surface area contributed by atoms with E-state index in [1.165, 1.54) is 36.4 Å². The Morgan fingerprint density at radius 2 is 1.67 bits per heavy atom. The number of nitrogens with two attached hydrogens (primary N) is 1. The molecule has 1 heterocycles. The van der Waals surface area contributed by atoms with Crippen molar-refractivity contribution < 1.29 is 19.1 Å². The zero-order valence-corrected chi connectivity index (χ0v) is 9.21. The van der Waals surface area contributed by atoms with Crippen molar-refractivity contribution in [2.45, 2.75) is 0 Å². The Morgan fingerprint density at radius 1 is 1.06 bits per heavy atom. The van der Waals surface area contributed by atoms with Crippen molar-refractivity contribution in [1.82, 2.24) is 0 Å². The highest BCUT2D eigenvalue weighted by molar-refractivity contribution is 6.03. The molecule has 92 valence electrons. The largest absolute Gasteiger partial charge is 0.508 e. The molecule has 18 heavy (non-hydrogen) atoms. The molecule has 0 bridgehead atoms. The molecular formula is C12H10N2O4. The van der Waals surface area contributed by atoms with Crippen molar-refractivity contribution in [3.8, 4) is 5.75 Å². The average Bonchev–Trinajstić information content (AvgIpc) is 2.81. The predicted octanol–water partition coefficient (Wildman–Crippen LogP) is 1.34. The number of rotatable bonds is 3. The molecule has 0 unspecified atom stereocenters. The molecule has 2 rings (SSSR count). The highest BCUT2D eigenvalue weighted by Crippen LogP contribution is 2.15. The Hall–Kier alpha value is -2.76. The number of furan rings is 1. The number of amides is 2. The molecule has 0 saturated heterocycles. The average molecular weight is 246 g/mol. The summed E-state index contributed by atoms with van der Waals surface area (Å²) in [4.78, 5) is 22.5. The number of benzene rings is 1. The second-order valence-corrected chi connectivity index (χ2v) is 3.53. The zero-order chi connectivity index (χ0) is 13.1. The van der Waals surface area contributed by atoms with Gasteiger partial charge in [-0.25, -0.2) is 0 Å². The first-order chi connectivity index (χ1) is 8.56. The SMILES string of the molecule is NC(=O)c1ccc(C(=O)Nc2ccc(O)cc2)o1. The summed E-state index contributed by atoms with van der Waals surface area (Å²) in [5, 5.41) is 11.6. The van der Waals surface area contributed by atoms with E-state index in [2.05, 4.69) is 5.32 Å². The topological polar surface area (TPSA) is 106 Å². The molecule has 1 aromatic heterocycles. The molecule has 0 spiro atoms. The minimum absolute atomic E-state index is 0.0168. The number of anilines is 1. The van der Waals surface area contributed by atoms with Crippen LogP contribution >= 0.6 is 0 Å². The van der Waals surface area contributed by atoms with Gasteiger partial charge in [-0.05, 0) is 36.4 Å². The second-order valence-electron chi connectivity index (χ2n) is 3.53. The number of carbonyl (C=O) groups is 2. The van der Waals surface area contributed by atoms with Crippen LogP contribution in [-0.4, -0.2) is 16.9 Å². The maximum Gasteiger partial charge on any atom is 0.291 e. The molecule has 0 aliphatic heterocycles. The predicted molar refractivity (Wildman–Crippen MR) is 63.3 cm³/mol. The van der Waals surface area contributed by atoms with Crippen LogP contribution < -0.4 is 11.1 Å². The molecule has 4 N–H and O–H groups in total. The first-order valence-corrected chi connectivity index (χ1v) is 5.06. The van der Waals surface area contributed by atoms with Gasteiger partial charge in [-0.3, -0.25) is 9.59 Å². The van der Waals surface area contributed by atoms with E-state index < -0.39 is 11.8 Å². The first-order valence-electron chi connectivity index (χ1n) is 5.06. The number of hydrogen-bond donors (Lipinski definition) is 3. The van der Waals surface area contributed by atoms with Gasteiger partial charge in [0.2, 0.25) is 0 Å². The molecule has 0 fully saturated rings. The van der Waals surface area contributed by atoms with E-state index in [4.69, 9.17) is 15.3 Å². The van der Waals surface area contributed by atoms with Crippen molar-refractivity contribution in [3.63, 3.8) is 0 Å². The highest BCUT2D eigenvalue weighted by atomic mass is 16.4. The molecule has 6 nitrogen and oxygen atoms in total. The molecule has 2 amide bonds. The Kier molecular flexibility index (Phi) is 3.01. The van der Waals surface area contributed by atoms with Crippen LogP contribution in [0, 0.1) is 0 Å². The summed E-state index contributed by atoms with van der Waals surface area (Å²) in [6.45, 7) is 0. The van der Waals surface area contributed by atoms with E-state index in [-0.39, 0.29) is 17.3 Å². The maximum atomic E-state index is 11.7. The normalized spacial score (nSPS) is 10.0. The molecule has 0 aliphatic carbocycles. The van der Waals surface area contributed by atoms with Gasteiger partial charge in [0.1, 0.15) is 5.75 Å². The number of carbonyl (C=O) groups excluding carboxylic acids is 2. The smallest absolute Gasteiger partial charge is 0.291 e. The van der Waals surface area contributed by atoms with Crippen LogP contribution in [0.4, 0.5) is 5.69 Å². The van der Waals surface area contributed by atoms with Gasteiger partial charge >= 0.3 is 0 Å². The van der Waals surface area contributed by atoms with Gasteiger partial charge in [0.05, 0.1) is 0 Å². The number of hydrogen-bond acceptors (Lipinski definition) is 4. The van der Waals surface area contributed by atoms with E-state index in [0.29, 0.717) is 5.69 Å². The van der Waals surface area contributed by atoms with Crippen LogP contribution in [0.2, 0.25) is 0 Å². The van der Waals surface area contributed by atoms with Gasteiger partial charge in [0.25, 0.3) is 11.8 Å². The Labute approximate surface area is 102 Å². The number of phenolic OH excluding ortho intramolecular Hbond substituents is 1. The molecule has 6 heteroatoms. The van der Waals surface area contributed by atoms with Crippen LogP contribution in [0.25, 0.3) is 0 Å². The van der Waals surface area contributed by atoms with Crippen molar-refractivity contribution >= 4 is 17.5 Å². The Bertz CT molecular complexity index is 586. The fraction of sp³-hybridized carbons (Fsp3) is 0. The van der Waals surface area contributed by atoms with Crippen LogP contribution in [0.3, 0.4) is 0 Å². The van der Waals surface area contributed by atoms with Gasteiger partial charge < -0.3 is 20.6 Å². The molecule has 1 aromatic carbocycles. The highest BCUT2D eigenvalue weighted by Gasteiger charge is 2.13. The van der Waals surface area contributed by atoms with E-state index >= 15 is 0 Å². The molecule has 2 aromatic rings. The first kappa shape index (κ1) is 11.7. The van der Waals surface area contributed by atoms with E-state index in [1.807, 2.05) is 0 Å². The number of nitrogens with one attached hydrogen (secondary N) is 1. The van der Waals surface area contributed by atoms with Gasteiger partial charge in [-0.1, -0.05) is 0 Å². The van der Waals surface area contributed by atoms with E-state index in [1.54, 1.807) is 0 Å². The Balaban J connectivity index is 2.11. The van der Waals surface area contributed by atoms with Crippen LogP contribution in [0.5, 0.6) is 5.75 Å². The molecule has 0 atom stereocenters. The summed E-state index contributed by atoms with van der Waals surface area (Å²) in [6, 6.07) is 8.62. The quantitative estimate of drug-likeness (QED) is 0.710. The lowest BCUT2D eigenvalue weighted by Crippen LogP contribution is -2.12. The lowest BCUT2D eigenvalue weighted by molar-refractivity contribution is 0.0960. The molecule has 0 aliphatic rings. The summed E-state index contributed by atoms with van der Waals surface area (Å²) < 4.78 is 4.97. The van der Waals surface area contributed by atoms with Crippen molar-refractivity contribution in [3.05, 3.63) is 47.9 Å². The summed E-state index contributed by atoms with van der Waals surface area (Å²) >= 11 is 0. The van der Waals surface area contributed by atoms with Crippen molar-refractivity contribution in [1.29, 1.82) is 0 Å². The minimum atomic E-state index is -0.737. The minimum Gasteiger partial charge on any atom is -0.508 e. The molecule has 0 radical (unpaired) electrons. The lowest BCUT2D eigenvalue weighted by atomic mass is 10.3. The fourth-order valence-corrected chi connectivity index (χ4v) is 1.33. The fourth-order valence-electron chi connectivity index (χ4n) is 1.33. The van der Waals surface area contributed by atoms with Crippen LogP contribution in [0.1, 0.15) is 21.1 Å². The second kappa shape index (κ2) is 4.62. The van der Waals surface area contributed by atoms with Crippen molar-refractivity contribution in [2.75, 3.05) is 5.32 Å². The third kappa shape index (κ3) is 2.49. The number of phenols is 1.